The summed E-state index contributed by atoms with van der Waals surface area (Å²) in [6, 6.07) is 1.07. The molecule has 0 aromatic carbocycles. The summed E-state index contributed by atoms with van der Waals surface area (Å²) in [6.45, 7) is 8.21. The Hall–Kier alpha value is -0.570. The molecule has 0 aromatic heterocycles. The molecule has 3 nitrogen and oxygen atoms in total. The first-order chi connectivity index (χ1) is 7.16. The third-order valence-corrected chi connectivity index (χ3v) is 3.86. The predicted molar refractivity (Wildman–Crippen MR) is 64.3 cm³/mol. The average Bonchev–Trinajstić information content (AvgIpc) is 2.50. The Morgan fingerprint density at radius 3 is 2.80 bits per heavy atom. The van der Waals surface area contributed by atoms with Gasteiger partial charge in [-0.15, -0.1) is 0 Å². The van der Waals surface area contributed by atoms with E-state index in [1.54, 1.807) is 0 Å². The molecule has 2 heterocycles. The van der Waals surface area contributed by atoms with Crippen LogP contribution in [0.1, 0.15) is 26.7 Å². The molecular weight excluding hydrogens is 186 g/mol. The fourth-order valence-electron chi connectivity index (χ4n) is 2.63. The summed E-state index contributed by atoms with van der Waals surface area (Å²) in [6.07, 6.45) is 4.80. The van der Waals surface area contributed by atoms with E-state index in [9.17, 15) is 0 Å². The summed E-state index contributed by atoms with van der Waals surface area (Å²) < 4.78 is 0. The molecule has 2 unspecified atom stereocenters. The zero-order valence-corrected chi connectivity index (χ0v) is 10.2. The number of hydrogen-bond acceptors (Lipinski definition) is 3. The van der Waals surface area contributed by atoms with Gasteiger partial charge in [0.05, 0.1) is 12.4 Å². The first-order valence-corrected chi connectivity index (χ1v) is 6.14. The number of likely N-dealkylation sites (tertiary alicyclic amines) is 1. The quantitative estimate of drug-likeness (QED) is 0.685. The molecule has 0 radical (unpaired) electrons. The van der Waals surface area contributed by atoms with Gasteiger partial charge in [0.25, 0.3) is 0 Å². The van der Waals surface area contributed by atoms with Crippen LogP contribution in [0.3, 0.4) is 0 Å². The van der Waals surface area contributed by atoms with Crippen molar-refractivity contribution in [2.24, 2.45) is 10.9 Å². The Bertz CT molecular complexity index is 239. The van der Waals surface area contributed by atoms with Gasteiger partial charge in [-0.1, -0.05) is 0 Å². The van der Waals surface area contributed by atoms with Gasteiger partial charge in [-0.05, 0) is 46.2 Å². The van der Waals surface area contributed by atoms with E-state index in [0.717, 1.165) is 5.92 Å². The second-order valence-corrected chi connectivity index (χ2v) is 5.21. The number of aliphatic imine (C=N–C) groups is 1. The van der Waals surface area contributed by atoms with Crippen LogP contribution in [0.15, 0.2) is 4.99 Å². The molecule has 0 aromatic rings. The first-order valence-electron chi connectivity index (χ1n) is 6.14. The fourth-order valence-corrected chi connectivity index (χ4v) is 2.63. The van der Waals surface area contributed by atoms with E-state index >= 15 is 0 Å². The lowest BCUT2D eigenvalue weighted by atomic mass is 9.97. The van der Waals surface area contributed by atoms with Crippen molar-refractivity contribution in [2.45, 2.75) is 38.8 Å². The SMILES string of the molecule is CC1N=CN(C[C@H]2CCCN(C)C2)C1C. The molecule has 2 aliphatic rings. The van der Waals surface area contributed by atoms with Crippen LogP contribution >= 0.6 is 0 Å². The van der Waals surface area contributed by atoms with Crippen molar-refractivity contribution >= 4 is 6.34 Å². The molecular formula is C12H23N3. The topological polar surface area (TPSA) is 18.8 Å². The van der Waals surface area contributed by atoms with Gasteiger partial charge >= 0.3 is 0 Å². The van der Waals surface area contributed by atoms with Gasteiger partial charge in [0.2, 0.25) is 0 Å². The monoisotopic (exact) mass is 209 g/mol. The minimum Gasteiger partial charge on any atom is -0.358 e. The molecule has 0 aliphatic carbocycles. The Morgan fingerprint density at radius 2 is 2.20 bits per heavy atom. The number of nitrogens with zero attached hydrogens (tertiary/aromatic N) is 3. The van der Waals surface area contributed by atoms with Crippen LogP contribution in [0.25, 0.3) is 0 Å². The highest BCUT2D eigenvalue weighted by atomic mass is 15.2. The third-order valence-electron chi connectivity index (χ3n) is 3.86. The van der Waals surface area contributed by atoms with Gasteiger partial charge in [-0.25, -0.2) is 0 Å². The van der Waals surface area contributed by atoms with E-state index in [-0.39, 0.29) is 0 Å². The van der Waals surface area contributed by atoms with Crippen LogP contribution in [0.5, 0.6) is 0 Å². The van der Waals surface area contributed by atoms with Crippen molar-refractivity contribution in [1.82, 2.24) is 9.80 Å². The highest BCUT2D eigenvalue weighted by Gasteiger charge is 2.26. The van der Waals surface area contributed by atoms with E-state index < -0.39 is 0 Å². The normalized spacial score (nSPS) is 37.5. The second kappa shape index (κ2) is 4.52. The summed E-state index contributed by atoms with van der Waals surface area (Å²) in [5.41, 5.74) is 0. The molecule has 1 fully saturated rings. The molecule has 15 heavy (non-hydrogen) atoms. The van der Waals surface area contributed by atoms with Crippen LogP contribution in [0.2, 0.25) is 0 Å². The van der Waals surface area contributed by atoms with Crippen molar-refractivity contribution in [1.29, 1.82) is 0 Å². The van der Waals surface area contributed by atoms with Crippen molar-refractivity contribution < 1.29 is 0 Å². The van der Waals surface area contributed by atoms with Gasteiger partial charge in [0.15, 0.2) is 0 Å². The van der Waals surface area contributed by atoms with Gasteiger partial charge in [0, 0.05) is 19.1 Å². The number of rotatable bonds is 2. The van der Waals surface area contributed by atoms with Crippen LogP contribution in [-0.2, 0) is 0 Å². The van der Waals surface area contributed by atoms with Gasteiger partial charge in [-0.3, -0.25) is 4.99 Å². The molecule has 3 heteroatoms. The molecule has 2 rings (SSSR count). The minimum atomic E-state index is 0.478. The van der Waals surface area contributed by atoms with Crippen molar-refractivity contribution in [3.8, 4) is 0 Å². The molecule has 2 aliphatic heterocycles. The van der Waals surface area contributed by atoms with Crippen LogP contribution in [0, 0.1) is 5.92 Å². The maximum absolute atomic E-state index is 4.47. The van der Waals surface area contributed by atoms with E-state index in [1.165, 1.54) is 32.5 Å². The van der Waals surface area contributed by atoms with Crippen molar-refractivity contribution in [3.63, 3.8) is 0 Å². The Balaban J connectivity index is 1.84. The summed E-state index contributed by atoms with van der Waals surface area (Å²) in [4.78, 5) is 9.35. The fraction of sp³-hybridized carbons (Fsp3) is 0.917. The van der Waals surface area contributed by atoms with Gasteiger partial charge in [0.1, 0.15) is 0 Å². The van der Waals surface area contributed by atoms with Crippen LogP contribution < -0.4 is 0 Å². The average molecular weight is 209 g/mol. The smallest absolute Gasteiger partial charge is 0.0857 e. The largest absolute Gasteiger partial charge is 0.358 e. The standard InChI is InChI=1S/C12H23N3/c1-10-11(2)15(9-13-10)8-12-5-4-6-14(3)7-12/h9-12H,4-8H2,1-3H3/t10?,11?,12-/m0/s1. The molecule has 0 saturated carbocycles. The maximum atomic E-state index is 4.47. The minimum absolute atomic E-state index is 0.478. The number of hydrogen-bond donors (Lipinski definition) is 0. The molecule has 0 spiro atoms. The van der Waals surface area contributed by atoms with Crippen LogP contribution in [-0.4, -0.2) is 54.9 Å². The van der Waals surface area contributed by atoms with E-state index in [4.69, 9.17) is 0 Å². The predicted octanol–water partition coefficient (Wildman–Crippen LogP) is 1.45. The lowest BCUT2D eigenvalue weighted by Crippen LogP contribution is -2.41. The first kappa shape index (κ1) is 10.9. The van der Waals surface area contributed by atoms with E-state index in [0.29, 0.717) is 12.1 Å². The molecule has 86 valence electrons. The Kier molecular flexibility index (Phi) is 3.29. The Labute approximate surface area is 93.2 Å². The summed E-state index contributed by atoms with van der Waals surface area (Å²) in [5.74, 6) is 0.836. The second-order valence-electron chi connectivity index (χ2n) is 5.21. The summed E-state index contributed by atoms with van der Waals surface area (Å²) in [5, 5.41) is 0. The van der Waals surface area contributed by atoms with Crippen molar-refractivity contribution in [2.75, 3.05) is 26.7 Å². The van der Waals surface area contributed by atoms with Gasteiger partial charge in [-0.2, -0.15) is 0 Å². The summed E-state index contributed by atoms with van der Waals surface area (Å²) in [7, 11) is 2.23. The molecule has 3 atom stereocenters. The van der Waals surface area contributed by atoms with E-state index in [1.807, 2.05) is 0 Å². The highest BCUT2D eigenvalue weighted by Crippen LogP contribution is 2.20. The van der Waals surface area contributed by atoms with Crippen molar-refractivity contribution in [3.05, 3.63) is 0 Å². The lowest BCUT2D eigenvalue weighted by molar-refractivity contribution is 0.173. The zero-order chi connectivity index (χ0) is 10.8. The molecule has 0 amide bonds. The number of piperidine rings is 1. The Morgan fingerprint density at radius 1 is 1.40 bits per heavy atom. The maximum Gasteiger partial charge on any atom is 0.0857 e. The zero-order valence-electron chi connectivity index (χ0n) is 10.2. The van der Waals surface area contributed by atoms with E-state index in [2.05, 4.69) is 42.0 Å². The van der Waals surface area contributed by atoms with Gasteiger partial charge < -0.3 is 9.80 Å². The molecule has 0 N–H and O–H groups in total. The molecule has 0 bridgehead atoms. The molecule has 1 saturated heterocycles. The third kappa shape index (κ3) is 2.51. The lowest BCUT2D eigenvalue weighted by Gasteiger charge is -2.34. The van der Waals surface area contributed by atoms with Crippen LogP contribution in [0.4, 0.5) is 0 Å². The summed E-state index contributed by atoms with van der Waals surface area (Å²) >= 11 is 0. The highest BCUT2D eigenvalue weighted by molar-refractivity contribution is 5.58.